The van der Waals surface area contributed by atoms with Crippen LogP contribution >= 0.6 is 0 Å². The van der Waals surface area contributed by atoms with Gasteiger partial charge in [-0.05, 0) is 33.4 Å². The number of carboxylic acids is 3. The molecule has 2 rings (SSSR count). The molecule has 5 N–H and O–H groups in total. The van der Waals surface area contributed by atoms with Crippen molar-refractivity contribution in [3.63, 3.8) is 0 Å². The van der Waals surface area contributed by atoms with Gasteiger partial charge in [-0.3, -0.25) is 48.5 Å². The van der Waals surface area contributed by atoms with Crippen LogP contribution in [0.4, 0.5) is 0 Å². The highest BCUT2D eigenvalue weighted by Crippen LogP contribution is 2.14. The van der Waals surface area contributed by atoms with Gasteiger partial charge in [0, 0.05) is 52.4 Å². The highest BCUT2D eigenvalue weighted by atomic mass is 16.4. The van der Waals surface area contributed by atoms with Gasteiger partial charge >= 0.3 is 17.9 Å². The Morgan fingerprint density at radius 2 is 0.860 bits per heavy atom. The van der Waals surface area contributed by atoms with Crippen LogP contribution in [-0.4, -0.2) is 168 Å². The van der Waals surface area contributed by atoms with Gasteiger partial charge in [-0.15, -0.1) is 0 Å². The molecule has 2 aliphatic heterocycles. The van der Waals surface area contributed by atoms with E-state index in [1.54, 1.807) is 26.5 Å². The van der Waals surface area contributed by atoms with Crippen molar-refractivity contribution in [2.24, 2.45) is 5.73 Å². The molecule has 0 radical (unpaired) electrons. The number of primary amides is 1. The molecule has 1 atom stereocenters. The van der Waals surface area contributed by atoms with Gasteiger partial charge in [0.2, 0.25) is 5.91 Å². The zero-order valence-corrected chi connectivity index (χ0v) is 27.9. The summed E-state index contributed by atoms with van der Waals surface area (Å²) in [6.07, 6.45) is 2.24. The van der Waals surface area contributed by atoms with Crippen LogP contribution in [0.25, 0.3) is 0 Å². The summed E-state index contributed by atoms with van der Waals surface area (Å²) in [5.74, 6) is -3.20. The lowest BCUT2D eigenvalue weighted by Gasteiger charge is -2.32. The third-order valence-corrected chi connectivity index (χ3v) is 6.38. The Balaban J connectivity index is -0.000000882. The van der Waals surface area contributed by atoms with E-state index in [9.17, 15) is 24.0 Å². The fourth-order valence-corrected chi connectivity index (χ4v) is 4.43. The summed E-state index contributed by atoms with van der Waals surface area (Å²) in [7, 11) is 2.01. The van der Waals surface area contributed by atoms with E-state index in [4.69, 9.17) is 21.1 Å². The molecule has 1 unspecified atom stereocenters. The zero-order valence-electron chi connectivity index (χ0n) is 27.9. The largest absolute Gasteiger partial charge is 0.480 e. The average Bonchev–Trinajstić information content (AvgIpc) is 3.39. The number of nitrogens with two attached hydrogens (primary N) is 1. The van der Waals surface area contributed by atoms with Gasteiger partial charge in [0.05, 0.1) is 32.2 Å². The van der Waals surface area contributed by atoms with Crippen LogP contribution in [0.2, 0.25) is 0 Å². The van der Waals surface area contributed by atoms with Gasteiger partial charge in [0.1, 0.15) is 5.78 Å². The minimum Gasteiger partial charge on any atom is -0.480 e. The molecule has 0 aliphatic carbocycles. The van der Waals surface area contributed by atoms with E-state index in [2.05, 4.69) is 4.90 Å². The fourth-order valence-electron chi connectivity index (χ4n) is 4.43. The molecule has 0 saturated carbocycles. The molecule has 2 heterocycles. The van der Waals surface area contributed by atoms with Crippen LogP contribution in [0.3, 0.4) is 0 Å². The number of likely N-dealkylation sites (tertiary alicyclic amines) is 1. The molecule has 2 aliphatic rings. The predicted molar refractivity (Wildman–Crippen MR) is 168 cm³/mol. The van der Waals surface area contributed by atoms with Gasteiger partial charge < -0.3 is 21.1 Å². The molecule has 0 bridgehead atoms. The lowest BCUT2D eigenvalue weighted by Crippen LogP contribution is -2.49. The fraction of sp³-hybridized carbons (Fsp3) is 0.828. The number of Topliss-reactive ketones (excluding diaryl/α,β-unsaturated/α-hetero) is 1. The number of amides is 1. The molecule has 254 valence electrons. The van der Waals surface area contributed by atoms with E-state index in [-0.39, 0.29) is 32.2 Å². The summed E-state index contributed by atoms with van der Waals surface area (Å²) in [6.45, 7) is 17.0. The third-order valence-electron chi connectivity index (χ3n) is 6.38. The quantitative estimate of drug-likeness (QED) is 0.282. The summed E-state index contributed by atoms with van der Waals surface area (Å²) in [4.78, 5) is 64.4. The standard InChI is InChI=1S/C16H29N5O7.C7H13NO.3C2H6/c17-13(22)9-18-1-3-19(10-14(23)24)5-7-21(12-16(27)28)8-6-20(4-2-18)11-15(25)26;1-6(9)7-4-3-5-8(7)2;3*1-2/h1-12H2,(H2,17,22)(H,23,24)(H,25,26)(H,27,28);7H,3-5H2,1-2H3;3*1-2H3. The van der Waals surface area contributed by atoms with Crippen molar-refractivity contribution in [1.29, 1.82) is 0 Å². The summed E-state index contributed by atoms with van der Waals surface area (Å²) >= 11 is 0. The monoisotopic (exact) mass is 620 g/mol. The van der Waals surface area contributed by atoms with E-state index in [1.807, 2.05) is 48.6 Å². The Morgan fingerprint density at radius 1 is 0.581 bits per heavy atom. The molecule has 0 aromatic rings. The summed E-state index contributed by atoms with van der Waals surface area (Å²) in [5, 5.41) is 27.3. The maximum Gasteiger partial charge on any atom is 0.317 e. The van der Waals surface area contributed by atoms with E-state index in [1.165, 1.54) is 6.42 Å². The van der Waals surface area contributed by atoms with Crippen LogP contribution in [0.5, 0.6) is 0 Å². The maximum atomic E-state index is 11.3. The number of carboxylic acid groups (broad SMARTS) is 3. The Morgan fingerprint density at radius 3 is 1.02 bits per heavy atom. The Kier molecular flexibility index (Phi) is 29.3. The highest BCUT2D eigenvalue weighted by molar-refractivity contribution is 5.81. The van der Waals surface area contributed by atoms with Crippen LogP contribution in [0.15, 0.2) is 0 Å². The summed E-state index contributed by atoms with van der Waals surface area (Å²) < 4.78 is 0. The van der Waals surface area contributed by atoms with Crippen molar-refractivity contribution < 1.29 is 39.3 Å². The average molecular weight is 621 g/mol. The number of nitrogens with zero attached hydrogens (tertiary/aromatic N) is 5. The van der Waals surface area contributed by atoms with E-state index >= 15 is 0 Å². The minimum atomic E-state index is -1.01. The normalized spacial score (nSPS) is 19.1. The number of hydrogen-bond donors (Lipinski definition) is 4. The first-order chi connectivity index (χ1) is 20.4. The van der Waals surface area contributed by atoms with Crippen LogP contribution < -0.4 is 5.73 Å². The second kappa shape index (κ2) is 28.1. The van der Waals surface area contributed by atoms with Gasteiger partial charge in [-0.2, -0.15) is 0 Å². The van der Waals surface area contributed by atoms with Gasteiger partial charge in [0.15, 0.2) is 0 Å². The molecule has 2 saturated heterocycles. The maximum absolute atomic E-state index is 11.3. The van der Waals surface area contributed by atoms with E-state index in [0.29, 0.717) is 58.1 Å². The topological polar surface area (TPSA) is 188 Å². The molecule has 0 spiro atoms. The summed E-state index contributed by atoms with van der Waals surface area (Å²) in [5.41, 5.74) is 5.28. The molecule has 14 heteroatoms. The third kappa shape index (κ3) is 24.5. The van der Waals surface area contributed by atoms with E-state index in [0.717, 1.165) is 13.0 Å². The number of aliphatic carboxylic acids is 3. The molecule has 43 heavy (non-hydrogen) atoms. The first kappa shape index (κ1) is 44.8. The second-order valence-corrected chi connectivity index (χ2v) is 9.50. The van der Waals surface area contributed by atoms with Crippen molar-refractivity contribution in [2.75, 3.05) is 92.1 Å². The van der Waals surface area contributed by atoms with Gasteiger partial charge in [0.25, 0.3) is 0 Å². The number of carbonyl (C=O) groups is 5. The molecular formula is C29H60N6O8. The second-order valence-electron chi connectivity index (χ2n) is 9.50. The zero-order chi connectivity index (χ0) is 34.0. The lowest BCUT2D eigenvalue weighted by molar-refractivity contribution is -0.140. The van der Waals surface area contributed by atoms with Crippen LogP contribution in [0, 0.1) is 0 Å². The van der Waals surface area contributed by atoms with Crippen LogP contribution in [0.1, 0.15) is 61.3 Å². The van der Waals surface area contributed by atoms with Gasteiger partial charge in [-0.25, -0.2) is 0 Å². The lowest BCUT2D eigenvalue weighted by atomic mass is 10.1. The number of carbonyl (C=O) groups excluding carboxylic acids is 2. The number of ketones is 1. The molecule has 14 nitrogen and oxygen atoms in total. The smallest absolute Gasteiger partial charge is 0.317 e. The van der Waals surface area contributed by atoms with Crippen molar-refractivity contribution in [3.8, 4) is 0 Å². The van der Waals surface area contributed by atoms with Crippen molar-refractivity contribution in [3.05, 3.63) is 0 Å². The van der Waals surface area contributed by atoms with Gasteiger partial charge in [-0.1, -0.05) is 41.5 Å². The predicted octanol–water partition coefficient (Wildman–Crippen LogP) is 0.695. The number of hydrogen-bond acceptors (Lipinski definition) is 10. The van der Waals surface area contributed by atoms with E-state index < -0.39 is 23.8 Å². The molecule has 0 aromatic heterocycles. The van der Waals surface area contributed by atoms with Crippen LogP contribution in [-0.2, 0) is 24.0 Å². The minimum absolute atomic E-state index is 0.00698. The SMILES string of the molecule is CC.CC.CC.CC(=O)C1CCCN1C.NC(=O)CN1CCN(CC(=O)O)CCN(CC(=O)O)CCN(CC(=O)O)CC1. The molecule has 1 amide bonds. The van der Waals surface area contributed by atoms with Crippen molar-refractivity contribution >= 4 is 29.6 Å². The Hall–Kier alpha value is -2.65. The molecular weight excluding hydrogens is 560 g/mol. The van der Waals surface area contributed by atoms with Crippen molar-refractivity contribution in [1.82, 2.24) is 24.5 Å². The Labute approximate surface area is 258 Å². The molecule has 2 fully saturated rings. The molecule has 0 aromatic carbocycles. The summed E-state index contributed by atoms with van der Waals surface area (Å²) in [6, 6.07) is 0.227. The van der Waals surface area contributed by atoms with Crippen molar-refractivity contribution in [2.45, 2.75) is 67.3 Å². The Bertz CT molecular complexity index is 674. The first-order valence-electron chi connectivity index (χ1n) is 15.4. The number of likely N-dealkylation sites (N-methyl/N-ethyl adjacent to an activating group) is 1. The number of rotatable bonds is 9. The first-order valence-corrected chi connectivity index (χ1v) is 15.4. The highest BCUT2D eigenvalue weighted by Gasteiger charge is 2.24.